The second-order valence-electron chi connectivity index (χ2n) is 10.1. The van der Waals surface area contributed by atoms with Crippen molar-refractivity contribution in [3.63, 3.8) is 0 Å². The van der Waals surface area contributed by atoms with Crippen molar-refractivity contribution >= 4 is 0 Å². The molecule has 0 aliphatic heterocycles. The van der Waals surface area contributed by atoms with E-state index in [1.165, 1.54) is 51.4 Å². The second kappa shape index (κ2) is 5.35. The molecule has 4 aliphatic carbocycles. The van der Waals surface area contributed by atoms with Crippen LogP contribution < -0.4 is 0 Å². The molecular formula is C22H36O. The summed E-state index contributed by atoms with van der Waals surface area (Å²) in [6.07, 6.45) is 13.5. The topological polar surface area (TPSA) is 20.2 Å². The maximum atomic E-state index is 10.3. The summed E-state index contributed by atoms with van der Waals surface area (Å²) in [4.78, 5) is 0. The summed E-state index contributed by atoms with van der Waals surface area (Å²) in [5.41, 5.74) is 2.71. The molecule has 3 fully saturated rings. The van der Waals surface area contributed by atoms with Crippen LogP contribution in [0.1, 0.15) is 79.1 Å². The molecule has 0 spiro atoms. The fourth-order valence-corrected chi connectivity index (χ4v) is 7.68. The molecule has 1 heteroatoms. The molecule has 0 aromatic heterocycles. The molecule has 0 radical (unpaired) electrons. The summed E-state index contributed by atoms with van der Waals surface area (Å²) < 4.78 is 0. The van der Waals surface area contributed by atoms with E-state index in [4.69, 9.17) is 0 Å². The van der Waals surface area contributed by atoms with Gasteiger partial charge in [0.1, 0.15) is 0 Å². The predicted octanol–water partition coefficient (Wildman–Crippen LogP) is 5.58. The fraction of sp³-hybridized carbons (Fsp3) is 0.909. The van der Waals surface area contributed by atoms with Gasteiger partial charge >= 0.3 is 0 Å². The van der Waals surface area contributed by atoms with Crippen LogP contribution in [-0.2, 0) is 0 Å². The molecule has 0 amide bonds. The molecule has 8 atom stereocenters. The molecule has 3 saturated carbocycles. The van der Waals surface area contributed by atoms with E-state index in [1.807, 2.05) is 12.5 Å². The van der Waals surface area contributed by atoms with Crippen LogP contribution in [0.3, 0.4) is 0 Å². The van der Waals surface area contributed by atoms with Crippen LogP contribution in [0.2, 0.25) is 0 Å². The van der Waals surface area contributed by atoms with Crippen molar-refractivity contribution in [3.05, 3.63) is 11.6 Å². The van der Waals surface area contributed by atoms with Crippen molar-refractivity contribution in [2.75, 3.05) is 0 Å². The lowest BCUT2D eigenvalue weighted by molar-refractivity contribution is -0.0637. The number of allylic oxidation sites excluding steroid dienone is 2. The monoisotopic (exact) mass is 316 g/mol. The zero-order valence-electron chi connectivity index (χ0n) is 15.6. The van der Waals surface area contributed by atoms with Gasteiger partial charge in [-0.05, 0) is 98.7 Å². The first-order chi connectivity index (χ1) is 10.9. The summed E-state index contributed by atoms with van der Waals surface area (Å²) in [6, 6.07) is 0. The highest BCUT2D eigenvalue weighted by Gasteiger charge is 2.58. The molecule has 23 heavy (non-hydrogen) atoms. The number of fused-ring (bicyclic) bond motifs is 5. The minimum atomic E-state index is -0.123. The number of hydrogen-bond acceptors (Lipinski definition) is 1. The molecule has 4 rings (SSSR count). The summed E-state index contributed by atoms with van der Waals surface area (Å²) in [6.45, 7) is 9.59. The Hall–Kier alpha value is -0.300. The first-order valence-electron chi connectivity index (χ1n) is 10.2. The maximum Gasteiger partial charge on any atom is 0.0545 e. The molecular weight excluding hydrogens is 280 g/mol. The fourth-order valence-electron chi connectivity index (χ4n) is 7.68. The minimum absolute atomic E-state index is 0.123. The zero-order chi connectivity index (χ0) is 16.4. The highest BCUT2D eigenvalue weighted by molar-refractivity contribution is 5.25. The van der Waals surface area contributed by atoms with E-state index in [9.17, 15) is 5.11 Å². The Bertz CT molecular complexity index is 506. The summed E-state index contributed by atoms with van der Waals surface area (Å²) in [5, 5.41) is 10.3. The highest BCUT2D eigenvalue weighted by atomic mass is 16.3. The van der Waals surface area contributed by atoms with Gasteiger partial charge in [-0.3, -0.25) is 0 Å². The van der Waals surface area contributed by atoms with Gasteiger partial charge in [-0.25, -0.2) is 0 Å². The largest absolute Gasteiger partial charge is 0.393 e. The zero-order valence-corrected chi connectivity index (χ0v) is 15.6. The maximum absolute atomic E-state index is 10.3. The lowest BCUT2D eigenvalue weighted by Gasteiger charge is -2.58. The van der Waals surface area contributed by atoms with Crippen molar-refractivity contribution in [1.82, 2.24) is 0 Å². The van der Waals surface area contributed by atoms with Crippen LogP contribution >= 0.6 is 0 Å². The molecule has 1 nitrogen and oxygen atoms in total. The van der Waals surface area contributed by atoms with Gasteiger partial charge in [-0.1, -0.05) is 32.4 Å². The third kappa shape index (κ3) is 2.21. The number of rotatable bonds is 1. The van der Waals surface area contributed by atoms with Crippen LogP contribution in [0.5, 0.6) is 0 Å². The summed E-state index contributed by atoms with van der Waals surface area (Å²) in [5.74, 6) is 4.10. The molecule has 0 aromatic carbocycles. The Balaban J connectivity index is 1.65. The highest BCUT2D eigenvalue weighted by Crippen LogP contribution is 2.66. The van der Waals surface area contributed by atoms with Crippen molar-refractivity contribution in [3.8, 4) is 0 Å². The second-order valence-corrected chi connectivity index (χ2v) is 10.1. The predicted molar refractivity (Wildman–Crippen MR) is 96.0 cm³/mol. The van der Waals surface area contributed by atoms with E-state index >= 15 is 0 Å². The van der Waals surface area contributed by atoms with E-state index in [0.717, 1.165) is 23.7 Å². The molecule has 0 aromatic rings. The SMILES string of the molecule is CC(O)[C@H]1CCC2C3CC=C4C[C@@H](C)CC[C@]4(C)C3CC[C@@]21C. The van der Waals surface area contributed by atoms with Crippen molar-refractivity contribution in [1.29, 1.82) is 0 Å². The molecule has 0 bridgehead atoms. The standard InChI is InChI=1S/C22H36O/c1-14-9-11-21(3)16(13-14)5-6-17-19-8-7-18(15(2)23)22(19,4)12-10-20(17)21/h5,14-15,17-20,23H,6-13H2,1-4H3/t14-,15?,17?,18+,19?,20?,21-,22+/m0/s1. The Kier molecular flexibility index (Phi) is 3.76. The van der Waals surface area contributed by atoms with Crippen LogP contribution in [0.25, 0.3) is 0 Å². The molecule has 0 saturated heterocycles. The lowest BCUT2D eigenvalue weighted by Crippen LogP contribution is -2.50. The molecule has 4 aliphatic rings. The molecule has 130 valence electrons. The van der Waals surface area contributed by atoms with Gasteiger partial charge in [-0.15, -0.1) is 0 Å². The smallest absolute Gasteiger partial charge is 0.0545 e. The van der Waals surface area contributed by atoms with Crippen LogP contribution in [0.4, 0.5) is 0 Å². The van der Waals surface area contributed by atoms with E-state index in [0.29, 0.717) is 16.7 Å². The van der Waals surface area contributed by atoms with E-state index in [2.05, 4.69) is 26.8 Å². The summed E-state index contributed by atoms with van der Waals surface area (Å²) >= 11 is 0. The van der Waals surface area contributed by atoms with E-state index in [-0.39, 0.29) is 6.10 Å². The quantitative estimate of drug-likeness (QED) is 0.626. The average Bonchev–Trinajstić information content (AvgIpc) is 2.85. The third-order valence-electron chi connectivity index (χ3n) is 9.01. The van der Waals surface area contributed by atoms with Crippen molar-refractivity contribution < 1.29 is 5.11 Å². The number of hydrogen-bond donors (Lipinski definition) is 1. The molecule has 0 heterocycles. The van der Waals surface area contributed by atoms with Gasteiger partial charge in [-0.2, -0.15) is 0 Å². The first kappa shape index (κ1) is 16.2. The normalized spacial score (nSPS) is 53.8. The molecule has 4 unspecified atom stereocenters. The molecule has 1 N–H and O–H groups in total. The van der Waals surface area contributed by atoms with Crippen LogP contribution in [0.15, 0.2) is 11.6 Å². The Morgan fingerprint density at radius 3 is 2.61 bits per heavy atom. The van der Waals surface area contributed by atoms with Gasteiger partial charge in [0.15, 0.2) is 0 Å². The Morgan fingerprint density at radius 1 is 1.09 bits per heavy atom. The number of aliphatic hydroxyl groups is 1. The number of aliphatic hydroxyl groups excluding tert-OH is 1. The average molecular weight is 317 g/mol. The van der Waals surface area contributed by atoms with E-state index < -0.39 is 0 Å². The van der Waals surface area contributed by atoms with Gasteiger partial charge < -0.3 is 5.11 Å². The van der Waals surface area contributed by atoms with Gasteiger partial charge in [0.25, 0.3) is 0 Å². The first-order valence-corrected chi connectivity index (χ1v) is 10.2. The van der Waals surface area contributed by atoms with Crippen LogP contribution in [0, 0.1) is 40.4 Å². The van der Waals surface area contributed by atoms with Gasteiger partial charge in [0.2, 0.25) is 0 Å². The van der Waals surface area contributed by atoms with Gasteiger partial charge in [0.05, 0.1) is 6.10 Å². The van der Waals surface area contributed by atoms with Crippen LogP contribution in [-0.4, -0.2) is 11.2 Å². The van der Waals surface area contributed by atoms with E-state index in [1.54, 1.807) is 0 Å². The Labute approximate surface area is 142 Å². The third-order valence-corrected chi connectivity index (χ3v) is 9.01. The van der Waals surface area contributed by atoms with Gasteiger partial charge in [0, 0.05) is 0 Å². The summed E-state index contributed by atoms with van der Waals surface area (Å²) in [7, 11) is 0. The lowest BCUT2D eigenvalue weighted by atomic mass is 9.47. The Morgan fingerprint density at radius 2 is 1.87 bits per heavy atom. The van der Waals surface area contributed by atoms with Crippen molar-refractivity contribution in [2.45, 2.75) is 85.2 Å². The minimum Gasteiger partial charge on any atom is -0.393 e. The van der Waals surface area contributed by atoms with Crippen molar-refractivity contribution in [2.24, 2.45) is 40.4 Å².